The fraction of sp³-hybridized carbons (Fsp3) is 0.909. The molecule has 1 N–H and O–H groups in total. The van der Waals surface area contributed by atoms with E-state index in [0.29, 0.717) is 18.0 Å². The number of nitrogens with one attached hydrogen (secondary N) is 1. The lowest BCUT2D eigenvalue weighted by atomic mass is 9.89. The zero-order valence-electron chi connectivity index (χ0n) is 8.95. The SMILES string of the molecule is O=C(C1CCCCN1)N1C2COCC1C2. The molecule has 3 heterocycles. The first kappa shape index (κ1) is 9.60. The van der Waals surface area contributed by atoms with Crippen molar-refractivity contribution in [2.24, 2.45) is 0 Å². The zero-order valence-corrected chi connectivity index (χ0v) is 8.95. The van der Waals surface area contributed by atoms with Crippen molar-refractivity contribution < 1.29 is 9.53 Å². The summed E-state index contributed by atoms with van der Waals surface area (Å²) >= 11 is 0. The Bertz CT molecular complexity index is 249. The Hall–Kier alpha value is -0.610. The Morgan fingerprint density at radius 2 is 2.07 bits per heavy atom. The molecule has 1 amide bonds. The second kappa shape index (κ2) is 3.76. The Morgan fingerprint density at radius 1 is 1.27 bits per heavy atom. The van der Waals surface area contributed by atoms with Gasteiger partial charge in [-0.05, 0) is 25.8 Å². The average molecular weight is 210 g/mol. The number of nitrogens with zero attached hydrogens (tertiary/aromatic N) is 1. The Labute approximate surface area is 90.0 Å². The maximum atomic E-state index is 12.2. The summed E-state index contributed by atoms with van der Waals surface area (Å²) in [5.41, 5.74) is 0. The molecule has 0 saturated carbocycles. The standard InChI is InChI=1S/C11H18N2O2/c14-11(10-3-1-2-4-12-10)13-8-5-9(13)7-15-6-8/h8-10,12H,1-7H2. The molecule has 0 aromatic rings. The molecule has 0 aromatic carbocycles. The van der Waals surface area contributed by atoms with Gasteiger partial charge in [-0.25, -0.2) is 0 Å². The molecule has 3 unspecified atom stereocenters. The minimum atomic E-state index is 0.0853. The third-order valence-electron chi connectivity index (χ3n) is 3.81. The summed E-state index contributed by atoms with van der Waals surface area (Å²) in [6.45, 7) is 2.49. The van der Waals surface area contributed by atoms with Gasteiger partial charge in [0.1, 0.15) is 0 Å². The first-order valence-electron chi connectivity index (χ1n) is 5.99. The number of amides is 1. The summed E-state index contributed by atoms with van der Waals surface area (Å²) in [5, 5.41) is 3.33. The van der Waals surface area contributed by atoms with Crippen molar-refractivity contribution in [2.45, 2.75) is 43.8 Å². The van der Waals surface area contributed by atoms with Crippen LogP contribution in [0.1, 0.15) is 25.7 Å². The normalized spacial score (nSPS) is 39.7. The number of piperidine rings is 1. The lowest BCUT2D eigenvalue weighted by molar-refractivity contribution is -0.170. The number of hydrogen-bond acceptors (Lipinski definition) is 3. The van der Waals surface area contributed by atoms with Crippen LogP contribution in [0.4, 0.5) is 0 Å². The molecular weight excluding hydrogens is 192 g/mol. The van der Waals surface area contributed by atoms with Gasteiger partial charge >= 0.3 is 0 Å². The predicted molar refractivity (Wildman–Crippen MR) is 55.5 cm³/mol. The summed E-state index contributed by atoms with van der Waals surface area (Å²) in [6, 6.07) is 0.835. The fourth-order valence-corrected chi connectivity index (χ4v) is 2.94. The predicted octanol–water partition coefficient (Wildman–Crippen LogP) is 0.128. The molecule has 4 nitrogen and oxygen atoms in total. The van der Waals surface area contributed by atoms with Crippen LogP contribution in [0, 0.1) is 0 Å². The van der Waals surface area contributed by atoms with Crippen LogP contribution in [0.3, 0.4) is 0 Å². The van der Waals surface area contributed by atoms with E-state index >= 15 is 0 Å². The van der Waals surface area contributed by atoms with Crippen LogP contribution in [-0.4, -0.2) is 48.7 Å². The van der Waals surface area contributed by atoms with Gasteiger partial charge in [0, 0.05) is 0 Å². The highest BCUT2D eigenvalue weighted by Gasteiger charge is 2.46. The Kier molecular flexibility index (Phi) is 2.41. The first-order chi connectivity index (χ1) is 7.36. The van der Waals surface area contributed by atoms with Crippen LogP contribution in [0.5, 0.6) is 0 Å². The van der Waals surface area contributed by atoms with Gasteiger partial charge in [0.2, 0.25) is 5.91 Å². The van der Waals surface area contributed by atoms with E-state index in [2.05, 4.69) is 10.2 Å². The molecule has 3 fully saturated rings. The van der Waals surface area contributed by atoms with Crippen molar-refractivity contribution >= 4 is 5.91 Å². The number of rotatable bonds is 1. The number of fused-ring (bicyclic) bond motifs is 2. The van der Waals surface area contributed by atoms with E-state index in [0.717, 1.165) is 32.6 Å². The molecule has 15 heavy (non-hydrogen) atoms. The van der Waals surface area contributed by atoms with Gasteiger partial charge in [0.05, 0.1) is 31.3 Å². The number of carbonyl (C=O) groups is 1. The zero-order chi connectivity index (χ0) is 10.3. The molecule has 3 rings (SSSR count). The van der Waals surface area contributed by atoms with Crippen molar-refractivity contribution in [3.05, 3.63) is 0 Å². The molecule has 3 saturated heterocycles. The third-order valence-corrected chi connectivity index (χ3v) is 3.81. The molecule has 4 heteroatoms. The summed E-state index contributed by atoms with van der Waals surface area (Å²) in [7, 11) is 0. The van der Waals surface area contributed by atoms with Crippen molar-refractivity contribution in [3.8, 4) is 0 Å². The third kappa shape index (κ3) is 1.56. The summed E-state index contributed by atoms with van der Waals surface area (Å²) in [4.78, 5) is 14.3. The van der Waals surface area contributed by atoms with E-state index in [4.69, 9.17) is 4.74 Å². The van der Waals surface area contributed by atoms with Crippen molar-refractivity contribution in [1.29, 1.82) is 0 Å². The molecule has 3 aliphatic rings. The fourth-order valence-electron chi connectivity index (χ4n) is 2.94. The van der Waals surface area contributed by atoms with E-state index in [1.807, 2.05) is 0 Å². The highest BCUT2D eigenvalue weighted by molar-refractivity contribution is 5.83. The summed E-state index contributed by atoms with van der Waals surface area (Å²) < 4.78 is 5.38. The van der Waals surface area contributed by atoms with Gasteiger partial charge in [0.15, 0.2) is 0 Å². The molecule has 0 spiro atoms. The topological polar surface area (TPSA) is 41.6 Å². The van der Waals surface area contributed by atoms with E-state index in [1.165, 1.54) is 12.8 Å². The van der Waals surface area contributed by atoms with Crippen LogP contribution >= 0.6 is 0 Å². The van der Waals surface area contributed by atoms with E-state index in [9.17, 15) is 4.79 Å². The minimum Gasteiger partial charge on any atom is -0.377 e. The number of morpholine rings is 1. The van der Waals surface area contributed by atoms with Crippen LogP contribution in [-0.2, 0) is 9.53 Å². The molecule has 2 bridgehead atoms. The van der Waals surface area contributed by atoms with E-state index < -0.39 is 0 Å². The molecule has 0 aliphatic carbocycles. The van der Waals surface area contributed by atoms with Gasteiger partial charge in [-0.15, -0.1) is 0 Å². The lowest BCUT2D eigenvalue weighted by Gasteiger charge is -2.53. The molecular formula is C11H18N2O2. The maximum Gasteiger partial charge on any atom is 0.240 e. The minimum absolute atomic E-state index is 0.0853. The smallest absolute Gasteiger partial charge is 0.240 e. The second-order valence-electron chi connectivity index (χ2n) is 4.83. The van der Waals surface area contributed by atoms with Crippen LogP contribution < -0.4 is 5.32 Å². The maximum absolute atomic E-state index is 12.2. The highest BCUT2D eigenvalue weighted by atomic mass is 16.5. The van der Waals surface area contributed by atoms with Crippen molar-refractivity contribution in [1.82, 2.24) is 10.2 Å². The van der Waals surface area contributed by atoms with Gasteiger partial charge < -0.3 is 15.0 Å². The molecule has 0 radical (unpaired) electrons. The van der Waals surface area contributed by atoms with Crippen molar-refractivity contribution in [2.75, 3.05) is 19.8 Å². The first-order valence-corrected chi connectivity index (χ1v) is 5.99. The summed E-state index contributed by atoms with van der Waals surface area (Å²) in [6.07, 6.45) is 4.55. The highest BCUT2D eigenvalue weighted by Crippen LogP contribution is 2.31. The largest absolute Gasteiger partial charge is 0.377 e. The number of ether oxygens (including phenoxy) is 1. The van der Waals surface area contributed by atoms with Gasteiger partial charge in [-0.1, -0.05) is 6.42 Å². The average Bonchev–Trinajstić information content (AvgIpc) is 2.31. The van der Waals surface area contributed by atoms with Crippen LogP contribution in [0.25, 0.3) is 0 Å². The van der Waals surface area contributed by atoms with Gasteiger partial charge in [0.25, 0.3) is 0 Å². The van der Waals surface area contributed by atoms with E-state index in [-0.39, 0.29) is 6.04 Å². The quantitative estimate of drug-likeness (QED) is 0.669. The Balaban J connectivity index is 1.64. The molecule has 0 aromatic heterocycles. The second-order valence-corrected chi connectivity index (χ2v) is 4.83. The van der Waals surface area contributed by atoms with Gasteiger partial charge in [-0.3, -0.25) is 4.79 Å². The van der Waals surface area contributed by atoms with Crippen LogP contribution in [0.15, 0.2) is 0 Å². The lowest BCUT2D eigenvalue weighted by Crippen LogP contribution is -2.68. The molecule has 84 valence electrons. The van der Waals surface area contributed by atoms with Crippen LogP contribution in [0.2, 0.25) is 0 Å². The van der Waals surface area contributed by atoms with Gasteiger partial charge in [-0.2, -0.15) is 0 Å². The molecule has 3 atom stereocenters. The monoisotopic (exact) mass is 210 g/mol. The number of carbonyl (C=O) groups excluding carboxylic acids is 1. The van der Waals surface area contributed by atoms with Crippen molar-refractivity contribution in [3.63, 3.8) is 0 Å². The summed E-state index contributed by atoms with van der Waals surface area (Å²) in [5.74, 6) is 0.319. The Morgan fingerprint density at radius 3 is 2.67 bits per heavy atom. The number of hydrogen-bond donors (Lipinski definition) is 1. The van der Waals surface area contributed by atoms with E-state index in [1.54, 1.807) is 0 Å². The molecule has 3 aliphatic heterocycles.